The number of aromatic nitrogens is 1. The molecule has 1 aliphatic rings. The number of pyridine rings is 1. The minimum absolute atomic E-state index is 0.691. The lowest BCUT2D eigenvalue weighted by molar-refractivity contribution is 0.193. The number of piperazine rings is 1. The standard InChI is InChI=1S/C13H22N4/c1-3-11(2)16-4-6-17(7-5-16)13-8-12(14)9-15-10-13/h8-11H,3-7,14H2,1-2H3. The van der Waals surface area contributed by atoms with E-state index >= 15 is 0 Å². The maximum Gasteiger partial charge on any atom is 0.0574 e. The first-order valence-electron chi connectivity index (χ1n) is 6.40. The van der Waals surface area contributed by atoms with Crippen LogP contribution in [0.4, 0.5) is 11.4 Å². The Morgan fingerprint density at radius 2 is 2.00 bits per heavy atom. The summed E-state index contributed by atoms with van der Waals surface area (Å²) in [5.74, 6) is 0. The van der Waals surface area contributed by atoms with Gasteiger partial charge in [-0.15, -0.1) is 0 Å². The average molecular weight is 234 g/mol. The summed E-state index contributed by atoms with van der Waals surface area (Å²) in [6.45, 7) is 8.94. The van der Waals surface area contributed by atoms with Crippen LogP contribution in [-0.2, 0) is 0 Å². The van der Waals surface area contributed by atoms with Gasteiger partial charge >= 0.3 is 0 Å². The molecule has 1 unspecified atom stereocenters. The minimum Gasteiger partial charge on any atom is -0.397 e. The van der Waals surface area contributed by atoms with Crippen molar-refractivity contribution in [3.05, 3.63) is 18.5 Å². The predicted molar refractivity (Wildman–Crippen MR) is 72.2 cm³/mol. The van der Waals surface area contributed by atoms with Gasteiger partial charge in [0.25, 0.3) is 0 Å². The number of hydrogen-bond acceptors (Lipinski definition) is 4. The molecule has 4 heteroatoms. The molecular formula is C13H22N4. The Kier molecular flexibility index (Phi) is 3.84. The first-order valence-corrected chi connectivity index (χ1v) is 6.40. The molecule has 0 amide bonds. The van der Waals surface area contributed by atoms with Gasteiger partial charge in [-0.25, -0.2) is 0 Å². The minimum atomic E-state index is 0.691. The molecule has 2 rings (SSSR count). The van der Waals surface area contributed by atoms with Gasteiger partial charge in [0.05, 0.1) is 17.6 Å². The summed E-state index contributed by atoms with van der Waals surface area (Å²) in [5, 5.41) is 0. The third kappa shape index (κ3) is 2.88. The maximum atomic E-state index is 5.76. The monoisotopic (exact) mass is 234 g/mol. The summed E-state index contributed by atoms with van der Waals surface area (Å²) >= 11 is 0. The molecule has 94 valence electrons. The van der Waals surface area contributed by atoms with E-state index in [0.29, 0.717) is 6.04 Å². The van der Waals surface area contributed by atoms with E-state index in [1.807, 2.05) is 12.3 Å². The second kappa shape index (κ2) is 5.36. The summed E-state index contributed by atoms with van der Waals surface area (Å²) in [7, 11) is 0. The molecule has 2 N–H and O–H groups in total. The summed E-state index contributed by atoms with van der Waals surface area (Å²) < 4.78 is 0. The van der Waals surface area contributed by atoms with Crippen LogP contribution in [0, 0.1) is 0 Å². The van der Waals surface area contributed by atoms with Gasteiger partial charge in [0, 0.05) is 38.4 Å². The first-order chi connectivity index (χ1) is 8.20. The van der Waals surface area contributed by atoms with Crippen LogP contribution in [0.1, 0.15) is 20.3 Å². The van der Waals surface area contributed by atoms with Gasteiger partial charge in [-0.1, -0.05) is 6.92 Å². The largest absolute Gasteiger partial charge is 0.397 e. The van der Waals surface area contributed by atoms with E-state index in [1.165, 1.54) is 6.42 Å². The Labute approximate surface area is 103 Å². The lowest BCUT2D eigenvalue weighted by Crippen LogP contribution is -2.49. The zero-order valence-electron chi connectivity index (χ0n) is 10.8. The van der Waals surface area contributed by atoms with Gasteiger partial charge in [-0.05, 0) is 19.4 Å². The van der Waals surface area contributed by atoms with Gasteiger partial charge in [0.2, 0.25) is 0 Å². The third-order valence-electron chi connectivity index (χ3n) is 3.64. The second-order valence-corrected chi connectivity index (χ2v) is 4.76. The number of nitrogen functional groups attached to an aromatic ring is 1. The number of nitrogens with two attached hydrogens (primary N) is 1. The van der Waals surface area contributed by atoms with E-state index in [-0.39, 0.29) is 0 Å². The van der Waals surface area contributed by atoms with E-state index in [1.54, 1.807) is 6.20 Å². The molecular weight excluding hydrogens is 212 g/mol. The van der Waals surface area contributed by atoms with Crippen molar-refractivity contribution in [1.29, 1.82) is 0 Å². The number of nitrogens with zero attached hydrogens (tertiary/aromatic N) is 3. The quantitative estimate of drug-likeness (QED) is 0.862. The molecule has 0 spiro atoms. The van der Waals surface area contributed by atoms with Crippen molar-refractivity contribution in [1.82, 2.24) is 9.88 Å². The van der Waals surface area contributed by atoms with Gasteiger partial charge in [0.1, 0.15) is 0 Å². The van der Waals surface area contributed by atoms with Crippen molar-refractivity contribution in [3.8, 4) is 0 Å². The summed E-state index contributed by atoms with van der Waals surface area (Å²) in [5.41, 5.74) is 7.65. The van der Waals surface area contributed by atoms with E-state index < -0.39 is 0 Å². The van der Waals surface area contributed by atoms with E-state index in [2.05, 4.69) is 28.6 Å². The van der Waals surface area contributed by atoms with Crippen LogP contribution in [0.5, 0.6) is 0 Å². The van der Waals surface area contributed by atoms with Crippen molar-refractivity contribution in [2.75, 3.05) is 36.8 Å². The highest BCUT2D eigenvalue weighted by Crippen LogP contribution is 2.18. The van der Waals surface area contributed by atoms with Crippen molar-refractivity contribution in [3.63, 3.8) is 0 Å². The van der Waals surface area contributed by atoms with Crippen LogP contribution in [0.2, 0.25) is 0 Å². The molecule has 4 nitrogen and oxygen atoms in total. The van der Waals surface area contributed by atoms with Crippen molar-refractivity contribution < 1.29 is 0 Å². The van der Waals surface area contributed by atoms with Crippen LogP contribution in [0.25, 0.3) is 0 Å². The Morgan fingerprint density at radius 1 is 1.29 bits per heavy atom. The molecule has 17 heavy (non-hydrogen) atoms. The molecule has 0 aliphatic carbocycles. The fraction of sp³-hybridized carbons (Fsp3) is 0.615. The lowest BCUT2D eigenvalue weighted by Gasteiger charge is -2.38. The predicted octanol–water partition coefficient (Wildman–Crippen LogP) is 1.58. The van der Waals surface area contributed by atoms with Gasteiger partial charge in [-0.2, -0.15) is 0 Å². The molecule has 1 saturated heterocycles. The average Bonchev–Trinajstić information content (AvgIpc) is 2.38. The molecule has 2 heterocycles. The molecule has 0 aromatic carbocycles. The second-order valence-electron chi connectivity index (χ2n) is 4.76. The molecule has 1 aliphatic heterocycles. The fourth-order valence-corrected chi connectivity index (χ4v) is 2.30. The molecule has 1 aromatic heterocycles. The normalized spacial score (nSPS) is 19.3. The fourth-order valence-electron chi connectivity index (χ4n) is 2.30. The highest BCUT2D eigenvalue weighted by molar-refractivity contribution is 5.53. The Bertz CT molecular complexity index is 358. The van der Waals surface area contributed by atoms with Gasteiger partial charge in [-0.3, -0.25) is 9.88 Å². The van der Waals surface area contributed by atoms with Crippen LogP contribution in [0.3, 0.4) is 0 Å². The smallest absolute Gasteiger partial charge is 0.0574 e. The first kappa shape index (κ1) is 12.2. The number of hydrogen-bond donors (Lipinski definition) is 1. The highest BCUT2D eigenvalue weighted by atomic mass is 15.3. The van der Waals surface area contributed by atoms with Crippen LogP contribution in [0.15, 0.2) is 18.5 Å². The van der Waals surface area contributed by atoms with Crippen LogP contribution in [-0.4, -0.2) is 42.1 Å². The number of rotatable bonds is 3. The van der Waals surface area contributed by atoms with Crippen molar-refractivity contribution in [2.24, 2.45) is 0 Å². The molecule has 1 atom stereocenters. The lowest BCUT2D eigenvalue weighted by atomic mass is 10.2. The van der Waals surface area contributed by atoms with Crippen molar-refractivity contribution in [2.45, 2.75) is 26.3 Å². The highest BCUT2D eigenvalue weighted by Gasteiger charge is 2.20. The van der Waals surface area contributed by atoms with Gasteiger partial charge in [0.15, 0.2) is 0 Å². The molecule has 0 radical (unpaired) electrons. The van der Waals surface area contributed by atoms with Crippen LogP contribution < -0.4 is 10.6 Å². The zero-order valence-corrected chi connectivity index (χ0v) is 10.8. The SMILES string of the molecule is CCC(C)N1CCN(c2cncc(N)c2)CC1. The maximum absolute atomic E-state index is 5.76. The van der Waals surface area contributed by atoms with Crippen molar-refractivity contribution >= 4 is 11.4 Å². The Morgan fingerprint density at radius 3 is 2.59 bits per heavy atom. The van der Waals surface area contributed by atoms with E-state index in [4.69, 9.17) is 5.73 Å². The summed E-state index contributed by atoms with van der Waals surface area (Å²) in [4.78, 5) is 9.06. The zero-order chi connectivity index (χ0) is 12.3. The number of anilines is 2. The molecule has 1 fully saturated rings. The Hall–Kier alpha value is -1.29. The van der Waals surface area contributed by atoms with E-state index in [0.717, 1.165) is 37.6 Å². The third-order valence-corrected chi connectivity index (χ3v) is 3.64. The Balaban J connectivity index is 1.95. The molecule has 0 bridgehead atoms. The molecule has 0 saturated carbocycles. The topological polar surface area (TPSA) is 45.4 Å². The molecule has 1 aromatic rings. The van der Waals surface area contributed by atoms with Crippen LogP contribution >= 0.6 is 0 Å². The van der Waals surface area contributed by atoms with Gasteiger partial charge < -0.3 is 10.6 Å². The summed E-state index contributed by atoms with van der Waals surface area (Å²) in [6.07, 6.45) is 4.81. The van der Waals surface area contributed by atoms with E-state index in [9.17, 15) is 0 Å². The summed E-state index contributed by atoms with van der Waals surface area (Å²) in [6, 6.07) is 2.70.